The van der Waals surface area contributed by atoms with Gasteiger partial charge in [0.1, 0.15) is 36.3 Å². The molecule has 1 fully saturated rings. The van der Waals surface area contributed by atoms with Crippen molar-refractivity contribution in [3.05, 3.63) is 89.5 Å². The maximum absolute atomic E-state index is 10.4. The number of rotatable bonds is 9. The number of ether oxygens (including phenoxy) is 3. The molecule has 0 radical (unpaired) electrons. The number of hydrogen-bond donors (Lipinski definition) is 2. The van der Waals surface area contributed by atoms with Gasteiger partial charge in [-0.1, -0.05) is 23.7 Å². The number of aryl methyl sites for hydroxylation is 1. The van der Waals surface area contributed by atoms with Crippen molar-refractivity contribution < 1.29 is 19.3 Å². The van der Waals surface area contributed by atoms with Crippen LogP contribution in [0.4, 0.5) is 5.82 Å². The SMILES string of the molecule is Cc1ncnc2c1ccn2C1OC(COc2ccc3ccc(NCc4ccc(Cl)cc4)nc3c2)C[C@H]1OC(C)(C)O. The molecule has 3 aromatic heterocycles. The number of aromatic nitrogens is 4. The first-order valence-electron chi connectivity index (χ1n) is 13.6. The maximum atomic E-state index is 10.4. The van der Waals surface area contributed by atoms with Crippen LogP contribution in [-0.2, 0) is 16.0 Å². The molecule has 6 rings (SSSR count). The predicted octanol–water partition coefficient (Wildman–Crippen LogP) is 6.03. The van der Waals surface area contributed by atoms with E-state index in [-0.39, 0.29) is 6.10 Å². The third kappa shape index (κ3) is 6.28. The van der Waals surface area contributed by atoms with Gasteiger partial charge in [0, 0.05) is 41.0 Å². The van der Waals surface area contributed by atoms with Crippen molar-refractivity contribution in [2.45, 2.75) is 58.0 Å². The number of nitrogens with one attached hydrogen (secondary N) is 1. The second-order valence-corrected chi connectivity index (χ2v) is 11.2. The normalized spacial score (nSPS) is 19.2. The first-order valence-corrected chi connectivity index (χ1v) is 14.0. The van der Waals surface area contributed by atoms with E-state index in [1.54, 1.807) is 20.2 Å². The van der Waals surface area contributed by atoms with Gasteiger partial charge in [0.15, 0.2) is 12.0 Å². The largest absolute Gasteiger partial charge is 0.491 e. The number of aliphatic hydroxyl groups is 1. The fraction of sp³-hybridized carbons (Fsp3) is 0.323. The minimum absolute atomic E-state index is 0.260. The van der Waals surface area contributed by atoms with Gasteiger partial charge in [-0.3, -0.25) is 0 Å². The van der Waals surface area contributed by atoms with Gasteiger partial charge in [-0.05, 0) is 68.8 Å². The Hall–Kier alpha value is -3.76. The predicted molar refractivity (Wildman–Crippen MR) is 158 cm³/mol. The molecule has 1 aliphatic heterocycles. The average molecular weight is 574 g/mol. The van der Waals surface area contributed by atoms with Crippen LogP contribution in [0.2, 0.25) is 5.02 Å². The Balaban J connectivity index is 1.15. The Morgan fingerprint density at radius 1 is 1.10 bits per heavy atom. The molecular weight excluding hydrogens is 542 g/mol. The monoisotopic (exact) mass is 573 g/mol. The summed E-state index contributed by atoms with van der Waals surface area (Å²) < 4.78 is 20.6. The summed E-state index contributed by atoms with van der Waals surface area (Å²) in [5.41, 5.74) is 3.59. The molecule has 0 saturated carbocycles. The molecule has 10 heteroatoms. The highest BCUT2D eigenvalue weighted by Gasteiger charge is 2.41. The molecule has 9 nitrogen and oxygen atoms in total. The zero-order valence-electron chi connectivity index (χ0n) is 23.1. The number of pyridine rings is 1. The van der Waals surface area contributed by atoms with Gasteiger partial charge >= 0.3 is 0 Å². The molecular formula is C31H32ClN5O4. The van der Waals surface area contributed by atoms with E-state index in [0.717, 1.165) is 39.0 Å². The van der Waals surface area contributed by atoms with Crippen LogP contribution in [0, 0.1) is 6.92 Å². The van der Waals surface area contributed by atoms with Crippen LogP contribution in [0.1, 0.15) is 37.8 Å². The number of halogens is 1. The minimum Gasteiger partial charge on any atom is -0.491 e. The highest BCUT2D eigenvalue weighted by Crippen LogP contribution is 2.36. The maximum Gasteiger partial charge on any atom is 0.162 e. The minimum atomic E-state index is -1.32. The summed E-state index contributed by atoms with van der Waals surface area (Å²) in [5, 5.41) is 16.5. The highest BCUT2D eigenvalue weighted by molar-refractivity contribution is 6.30. The number of nitrogens with zero attached hydrogens (tertiary/aromatic N) is 4. The van der Waals surface area contributed by atoms with Crippen LogP contribution in [-0.4, -0.2) is 49.2 Å². The lowest BCUT2D eigenvalue weighted by molar-refractivity contribution is -0.222. The second-order valence-electron chi connectivity index (χ2n) is 10.7. The molecule has 1 aliphatic rings. The van der Waals surface area contributed by atoms with E-state index >= 15 is 0 Å². The van der Waals surface area contributed by atoms with Crippen molar-refractivity contribution in [2.75, 3.05) is 11.9 Å². The summed E-state index contributed by atoms with van der Waals surface area (Å²) >= 11 is 5.99. The van der Waals surface area contributed by atoms with Crippen LogP contribution in [0.25, 0.3) is 21.9 Å². The molecule has 2 unspecified atom stereocenters. The number of hydrogen-bond acceptors (Lipinski definition) is 8. The van der Waals surface area contributed by atoms with Crippen molar-refractivity contribution >= 4 is 39.4 Å². The molecule has 5 aromatic rings. The molecule has 0 aliphatic carbocycles. The summed E-state index contributed by atoms with van der Waals surface area (Å²) in [5.74, 6) is 0.150. The Morgan fingerprint density at radius 2 is 1.90 bits per heavy atom. The molecule has 2 N–H and O–H groups in total. The zero-order chi connectivity index (χ0) is 28.6. The summed E-state index contributed by atoms with van der Waals surface area (Å²) in [6.07, 6.45) is 2.87. The van der Waals surface area contributed by atoms with E-state index in [4.69, 9.17) is 30.8 Å². The smallest absolute Gasteiger partial charge is 0.162 e. The lowest BCUT2D eigenvalue weighted by Gasteiger charge is -2.27. The molecule has 0 spiro atoms. The van der Waals surface area contributed by atoms with Gasteiger partial charge < -0.3 is 29.2 Å². The van der Waals surface area contributed by atoms with Crippen molar-refractivity contribution in [3.8, 4) is 5.75 Å². The van der Waals surface area contributed by atoms with Gasteiger partial charge in [0.25, 0.3) is 0 Å². The second kappa shape index (κ2) is 11.3. The third-order valence-corrected chi connectivity index (χ3v) is 7.31. The molecule has 0 amide bonds. The average Bonchev–Trinajstić information content (AvgIpc) is 3.55. The van der Waals surface area contributed by atoms with E-state index in [2.05, 4.69) is 15.3 Å². The van der Waals surface area contributed by atoms with Crippen molar-refractivity contribution in [3.63, 3.8) is 0 Å². The van der Waals surface area contributed by atoms with Gasteiger partial charge in [0.2, 0.25) is 0 Å². The van der Waals surface area contributed by atoms with Crippen molar-refractivity contribution in [1.82, 2.24) is 19.5 Å². The summed E-state index contributed by atoms with van der Waals surface area (Å²) in [6.45, 7) is 6.14. The standard InChI is InChI=1S/C31H32ClN5O4/c1-19-25-12-13-37(29(25)35-18-34-19)30-27(41-31(2,3)38)15-24(40-30)17-39-23-10-6-21-7-11-28(36-26(21)14-23)33-16-20-4-8-22(32)9-5-20/h4-14,18,24,27,30,38H,15-17H2,1-3H3,(H,33,36)/t24?,27-,30?/m1/s1. The van der Waals surface area contributed by atoms with Crippen LogP contribution in [0.15, 0.2) is 73.2 Å². The van der Waals surface area contributed by atoms with Crippen LogP contribution < -0.4 is 10.1 Å². The Labute approximate surface area is 243 Å². The number of fused-ring (bicyclic) bond motifs is 2. The first-order chi connectivity index (χ1) is 19.7. The Bertz CT molecular complexity index is 1670. The summed E-state index contributed by atoms with van der Waals surface area (Å²) in [7, 11) is 0. The Kier molecular flexibility index (Phi) is 7.52. The quantitative estimate of drug-likeness (QED) is 0.206. The van der Waals surface area contributed by atoms with E-state index in [0.29, 0.717) is 30.3 Å². The highest BCUT2D eigenvalue weighted by atomic mass is 35.5. The molecule has 212 valence electrons. The number of benzene rings is 2. The molecule has 41 heavy (non-hydrogen) atoms. The fourth-order valence-electron chi connectivity index (χ4n) is 5.12. The van der Waals surface area contributed by atoms with E-state index < -0.39 is 18.1 Å². The third-order valence-electron chi connectivity index (χ3n) is 7.05. The van der Waals surface area contributed by atoms with Gasteiger partial charge in [0.05, 0.1) is 17.3 Å². The lowest BCUT2D eigenvalue weighted by atomic mass is 10.2. The van der Waals surface area contributed by atoms with Crippen LogP contribution in [0.5, 0.6) is 5.75 Å². The Morgan fingerprint density at radius 3 is 2.71 bits per heavy atom. The van der Waals surface area contributed by atoms with E-state index in [9.17, 15) is 5.11 Å². The van der Waals surface area contributed by atoms with Crippen LogP contribution in [0.3, 0.4) is 0 Å². The van der Waals surface area contributed by atoms with E-state index in [1.165, 1.54) is 0 Å². The molecule has 1 saturated heterocycles. The van der Waals surface area contributed by atoms with Crippen LogP contribution >= 0.6 is 11.6 Å². The lowest BCUT2D eigenvalue weighted by Crippen LogP contribution is -2.33. The number of anilines is 1. The fourth-order valence-corrected chi connectivity index (χ4v) is 5.24. The molecule has 0 bridgehead atoms. The van der Waals surface area contributed by atoms with E-state index in [1.807, 2.05) is 78.4 Å². The van der Waals surface area contributed by atoms with Gasteiger partial charge in [-0.15, -0.1) is 0 Å². The molecule has 4 heterocycles. The molecule has 2 aromatic carbocycles. The zero-order valence-corrected chi connectivity index (χ0v) is 23.9. The van der Waals surface area contributed by atoms with Gasteiger partial charge in [-0.25, -0.2) is 15.0 Å². The summed E-state index contributed by atoms with van der Waals surface area (Å²) in [6, 6.07) is 19.6. The van der Waals surface area contributed by atoms with Crippen molar-refractivity contribution in [2.24, 2.45) is 0 Å². The van der Waals surface area contributed by atoms with Crippen molar-refractivity contribution in [1.29, 1.82) is 0 Å². The first kappa shape index (κ1) is 27.4. The molecule has 3 atom stereocenters. The topological polar surface area (TPSA) is 104 Å². The summed E-state index contributed by atoms with van der Waals surface area (Å²) in [4.78, 5) is 13.5. The van der Waals surface area contributed by atoms with Gasteiger partial charge in [-0.2, -0.15) is 0 Å².